The van der Waals surface area contributed by atoms with Crippen molar-refractivity contribution in [3.05, 3.63) is 41.4 Å². The zero-order chi connectivity index (χ0) is 13.4. The first-order valence-electron chi connectivity index (χ1n) is 5.70. The highest BCUT2D eigenvalue weighted by atomic mass is 35.5. The number of nitrogens with zero attached hydrogens (tertiary/aromatic N) is 4. The average molecular weight is 275 g/mol. The number of hydrogen-bond acceptors (Lipinski definition) is 4. The van der Waals surface area contributed by atoms with E-state index < -0.39 is 0 Å². The molecule has 0 amide bonds. The van der Waals surface area contributed by atoms with Gasteiger partial charge in [0.1, 0.15) is 6.33 Å². The van der Waals surface area contributed by atoms with Gasteiger partial charge in [-0.25, -0.2) is 9.97 Å². The number of methoxy groups -OCH3 is 1. The maximum Gasteiger partial charge on any atom is 0.238 e. The molecule has 0 radical (unpaired) electrons. The van der Waals surface area contributed by atoms with E-state index in [-0.39, 0.29) is 0 Å². The van der Waals surface area contributed by atoms with E-state index >= 15 is 0 Å². The van der Waals surface area contributed by atoms with Crippen molar-refractivity contribution in [1.82, 2.24) is 19.5 Å². The van der Waals surface area contributed by atoms with Gasteiger partial charge in [0.05, 0.1) is 23.0 Å². The predicted molar refractivity (Wildman–Crippen MR) is 73.0 cm³/mol. The number of benzene rings is 1. The quantitative estimate of drug-likeness (QED) is 0.721. The molecule has 5 nitrogen and oxygen atoms in total. The Morgan fingerprint density at radius 2 is 2.11 bits per heavy atom. The minimum Gasteiger partial charge on any atom is -0.480 e. The smallest absolute Gasteiger partial charge is 0.238 e. The second-order valence-electron chi connectivity index (χ2n) is 4.10. The fourth-order valence-corrected chi connectivity index (χ4v) is 2.08. The van der Waals surface area contributed by atoms with Crippen LogP contribution in [0.25, 0.3) is 16.9 Å². The van der Waals surface area contributed by atoms with E-state index in [2.05, 4.69) is 15.0 Å². The minimum atomic E-state index is 0.481. The van der Waals surface area contributed by atoms with Crippen LogP contribution < -0.4 is 4.74 Å². The number of ether oxygens (including phenoxy) is 1. The zero-order valence-electron chi connectivity index (χ0n) is 10.5. The third-order valence-corrected chi connectivity index (χ3v) is 3.36. The van der Waals surface area contributed by atoms with Gasteiger partial charge in [-0.05, 0) is 18.6 Å². The molecule has 0 aliphatic rings. The molecule has 0 aliphatic heterocycles. The van der Waals surface area contributed by atoms with Gasteiger partial charge in [0, 0.05) is 12.4 Å². The van der Waals surface area contributed by atoms with E-state index in [0.717, 1.165) is 10.9 Å². The summed E-state index contributed by atoms with van der Waals surface area (Å²) in [5.41, 5.74) is 1.64. The van der Waals surface area contributed by atoms with Gasteiger partial charge in [-0.1, -0.05) is 17.7 Å². The topological polar surface area (TPSA) is 52.8 Å². The fraction of sp³-hybridized carbons (Fsp3) is 0.154. The summed E-state index contributed by atoms with van der Waals surface area (Å²) in [7, 11) is 1.58. The molecule has 1 aromatic carbocycles. The molecule has 0 N–H and O–H groups in total. The molecule has 0 fully saturated rings. The molecule has 3 aromatic rings. The summed E-state index contributed by atoms with van der Waals surface area (Å²) in [6.07, 6.45) is 5.06. The number of aromatic nitrogens is 4. The highest BCUT2D eigenvalue weighted by Crippen LogP contribution is 2.30. The summed E-state index contributed by atoms with van der Waals surface area (Å²) < 4.78 is 7.03. The molecule has 0 bridgehead atoms. The van der Waals surface area contributed by atoms with Gasteiger partial charge < -0.3 is 4.74 Å². The van der Waals surface area contributed by atoms with Crippen molar-refractivity contribution >= 4 is 22.5 Å². The Hall–Kier alpha value is -2.14. The van der Waals surface area contributed by atoms with Crippen molar-refractivity contribution < 1.29 is 4.74 Å². The van der Waals surface area contributed by atoms with Crippen LogP contribution in [0.3, 0.4) is 0 Å². The van der Waals surface area contributed by atoms with Crippen LogP contribution in [-0.4, -0.2) is 26.6 Å². The molecule has 0 saturated carbocycles. The Balaban J connectivity index is 2.36. The summed E-state index contributed by atoms with van der Waals surface area (Å²) in [5.74, 6) is 0.977. The maximum absolute atomic E-state index is 6.32. The summed E-state index contributed by atoms with van der Waals surface area (Å²) in [5, 5.41) is 1.40. The zero-order valence-corrected chi connectivity index (χ0v) is 11.2. The van der Waals surface area contributed by atoms with Crippen LogP contribution >= 0.6 is 11.6 Å². The first kappa shape index (κ1) is 11.9. The van der Waals surface area contributed by atoms with E-state index in [1.165, 1.54) is 0 Å². The second-order valence-corrected chi connectivity index (χ2v) is 4.47. The van der Waals surface area contributed by atoms with Crippen LogP contribution in [0.15, 0.2) is 30.9 Å². The maximum atomic E-state index is 6.32. The largest absolute Gasteiger partial charge is 0.480 e. The lowest BCUT2D eigenvalue weighted by Gasteiger charge is -2.09. The Kier molecular flexibility index (Phi) is 2.83. The van der Waals surface area contributed by atoms with Gasteiger partial charge in [0.25, 0.3) is 0 Å². The van der Waals surface area contributed by atoms with Gasteiger partial charge in [0.15, 0.2) is 0 Å². The first-order valence-corrected chi connectivity index (χ1v) is 6.07. The van der Waals surface area contributed by atoms with Crippen LogP contribution in [0.5, 0.6) is 5.88 Å². The van der Waals surface area contributed by atoms with Crippen LogP contribution in [0, 0.1) is 6.92 Å². The monoisotopic (exact) mass is 274 g/mol. The molecular formula is C13H11ClN4O. The number of hydrogen-bond donors (Lipinski definition) is 0. The van der Waals surface area contributed by atoms with Crippen molar-refractivity contribution in [2.45, 2.75) is 6.92 Å². The van der Waals surface area contributed by atoms with Gasteiger partial charge in [0.2, 0.25) is 11.8 Å². The van der Waals surface area contributed by atoms with Crippen molar-refractivity contribution in [2.24, 2.45) is 0 Å². The van der Waals surface area contributed by atoms with Crippen molar-refractivity contribution in [1.29, 1.82) is 0 Å². The second kappa shape index (κ2) is 4.51. The number of aryl methyl sites for hydroxylation is 1. The van der Waals surface area contributed by atoms with Gasteiger partial charge in [-0.2, -0.15) is 4.98 Å². The number of rotatable bonds is 2. The van der Waals surface area contributed by atoms with E-state index in [1.807, 2.05) is 19.1 Å². The molecule has 0 unspecified atom stereocenters. The van der Waals surface area contributed by atoms with Crippen LogP contribution in [-0.2, 0) is 0 Å². The molecule has 0 aliphatic carbocycles. The first-order chi connectivity index (χ1) is 9.20. The summed E-state index contributed by atoms with van der Waals surface area (Å²) >= 11 is 6.32. The molecule has 0 atom stereocenters. The summed E-state index contributed by atoms with van der Waals surface area (Å²) in [6, 6.07) is 3.83. The molecule has 3 rings (SSSR count). The minimum absolute atomic E-state index is 0.481. The Bertz CT molecular complexity index is 740. The predicted octanol–water partition coefficient (Wildman–Crippen LogP) is 2.79. The molecule has 19 heavy (non-hydrogen) atoms. The Morgan fingerprint density at radius 1 is 1.26 bits per heavy atom. The summed E-state index contributed by atoms with van der Waals surface area (Å²) in [6.45, 7) is 1.94. The lowest BCUT2D eigenvalue weighted by molar-refractivity contribution is 0.402. The van der Waals surface area contributed by atoms with E-state index in [0.29, 0.717) is 22.4 Å². The SMILES string of the molecule is COc1nc(-n2ccnc2)nc2c(Cl)c(C)ccc12. The highest BCUT2D eigenvalue weighted by Gasteiger charge is 2.13. The van der Waals surface area contributed by atoms with E-state index in [4.69, 9.17) is 16.3 Å². The number of fused-ring (bicyclic) bond motifs is 1. The molecule has 0 saturated heterocycles. The van der Waals surface area contributed by atoms with Crippen LogP contribution in [0.2, 0.25) is 5.02 Å². The van der Waals surface area contributed by atoms with Gasteiger partial charge in [-0.15, -0.1) is 0 Å². The average Bonchev–Trinajstić information content (AvgIpc) is 2.96. The lowest BCUT2D eigenvalue weighted by Crippen LogP contribution is -2.02. The number of imidazole rings is 1. The van der Waals surface area contributed by atoms with Gasteiger partial charge in [-0.3, -0.25) is 4.57 Å². The Morgan fingerprint density at radius 3 is 2.79 bits per heavy atom. The molecule has 6 heteroatoms. The van der Waals surface area contributed by atoms with Gasteiger partial charge >= 0.3 is 0 Å². The normalized spacial score (nSPS) is 10.9. The van der Waals surface area contributed by atoms with Crippen molar-refractivity contribution in [2.75, 3.05) is 7.11 Å². The molecule has 96 valence electrons. The molecule has 0 spiro atoms. The highest BCUT2D eigenvalue weighted by molar-refractivity contribution is 6.36. The molecular weight excluding hydrogens is 264 g/mol. The lowest BCUT2D eigenvalue weighted by atomic mass is 10.1. The fourth-order valence-electron chi connectivity index (χ4n) is 1.87. The molecule has 2 aromatic heterocycles. The third-order valence-electron chi connectivity index (χ3n) is 2.88. The van der Waals surface area contributed by atoms with E-state index in [1.54, 1.807) is 30.4 Å². The van der Waals surface area contributed by atoms with Crippen LogP contribution in [0.4, 0.5) is 0 Å². The van der Waals surface area contributed by atoms with Crippen LogP contribution in [0.1, 0.15) is 5.56 Å². The molecule has 2 heterocycles. The number of halogens is 1. The summed E-state index contributed by atoms with van der Waals surface area (Å²) in [4.78, 5) is 12.8. The van der Waals surface area contributed by atoms with Crippen molar-refractivity contribution in [3.8, 4) is 11.8 Å². The third kappa shape index (κ3) is 1.92. The Labute approximate surface area is 114 Å². The van der Waals surface area contributed by atoms with Crippen molar-refractivity contribution in [3.63, 3.8) is 0 Å². The standard InChI is InChI=1S/C13H11ClN4O/c1-8-3-4-9-11(10(8)14)16-13(17-12(9)19-2)18-6-5-15-7-18/h3-7H,1-2H3. The van der Waals surface area contributed by atoms with E-state index in [9.17, 15) is 0 Å².